The molecular weight excluding hydrogens is 161 g/mol. The Hall–Kier alpha value is -0.570. The number of rotatable bonds is 1. The van der Waals surface area contributed by atoms with Crippen LogP contribution in [-0.4, -0.2) is 23.1 Å². The summed E-state index contributed by atoms with van der Waals surface area (Å²) in [5, 5.41) is 3.19. The van der Waals surface area contributed by atoms with Crippen molar-refractivity contribution in [3.05, 3.63) is 18.5 Å². The first-order valence-corrected chi connectivity index (χ1v) is 4.66. The van der Waals surface area contributed by atoms with Crippen LogP contribution in [0.5, 0.6) is 0 Å². The minimum atomic E-state index is -0.712. The molecule has 0 aliphatic carbocycles. The maximum Gasteiger partial charge on any atom is 0.195 e. The third-order valence-electron chi connectivity index (χ3n) is 1.31. The minimum absolute atomic E-state index is 0.712. The summed E-state index contributed by atoms with van der Waals surface area (Å²) >= 11 is 0. The Morgan fingerprint density at radius 1 is 1.45 bits per heavy atom. The normalized spacial score (nSPS) is 23.8. The van der Waals surface area contributed by atoms with Crippen LogP contribution in [0.3, 0.4) is 0 Å². The van der Waals surface area contributed by atoms with Gasteiger partial charge < -0.3 is 4.52 Å². The highest BCUT2D eigenvalue weighted by molar-refractivity contribution is 7.58. The van der Waals surface area contributed by atoms with E-state index >= 15 is 0 Å². The van der Waals surface area contributed by atoms with Gasteiger partial charge in [-0.25, -0.2) is 9.97 Å². The summed E-state index contributed by atoms with van der Waals surface area (Å²) < 4.78 is 5.37. The summed E-state index contributed by atoms with van der Waals surface area (Å²) in [5.74, 6) is 0. The summed E-state index contributed by atoms with van der Waals surface area (Å²) in [7, 11) is -0.712. The van der Waals surface area contributed by atoms with Crippen LogP contribution in [0.25, 0.3) is 0 Å². The molecule has 1 aromatic heterocycles. The van der Waals surface area contributed by atoms with E-state index in [0.29, 0.717) is 0 Å². The number of nitrogens with one attached hydrogen (secondary N) is 1. The molecule has 0 amide bonds. The lowest BCUT2D eigenvalue weighted by atomic mass is 10.7. The van der Waals surface area contributed by atoms with Gasteiger partial charge in [0.1, 0.15) is 0 Å². The second kappa shape index (κ2) is 3.22. The molecule has 5 heteroatoms. The highest BCUT2D eigenvalue weighted by Gasteiger charge is 2.19. The molecule has 58 valence electrons. The van der Waals surface area contributed by atoms with Crippen LogP contribution in [-0.2, 0) is 4.52 Å². The summed E-state index contributed by atoms with van der Waals surface area (Å²) in [5.41, 5.74) is 0.778. The zero-order chi connectivity index (χ0) is 7.52. The molecule has 1 saturated heterocycles. The van der Waals surface area contributed by atoms with Crippen molar-refractivity contribution in [2.75, 3.05) is 13.2 Å². The third kappa shape index (κ3) is 1.53. The Kier molecular flexibility index (Phi) is 2.08. The van der Waals surface area contributed by atoms with Crippen molar-refractivity contribution in [2.45, 2.75) is 0 Å². The zero-order valence-corrected chi connectivity index (χ0v) is 6.79. The molecule has 1 N–H and O–H groups in total. The van der Waals surface area contributed by atoms with Crippen molar-refractivity contribution in [1.29, 1.82) is 0 Å². The quantitative estimate of drug-likeness (QED) is 0.602. The Balaban J connectivity index is 2.16. The summed E-state index contributed by atoms with van der Waals surface area (Å²) in [6, 6.07) is 1.80. The lowest BCUT2D eigenvalue weighted by Crippen LogP contribution is -2.15. The SMILES string of the molecule is c1cnc(P2NCCO2)nc1. The number of hydrogen-bond donors (Lipinski definition) is 1. The molecule has 1 aliphatic rings. The van der Waals surface area contributed by atoms with Crippen molar-refractivity contribution in [2.24, 2.45) is 0 Å². The molecule has 0 radical (unpaired) electrons. The molecule has 0 spiro atoms. The van der Waals surface area contributed by atoms with E-state index < -0.39 is 8.30 Å². The van der Waals surface area contributed by atoms with Crippen LogP contribution in [0.2, 0.25) is 0 Å². The van der Waals surface area contributed by atoms with Crippen LogP contribution in [0.15, 0.2) is 18.5 Å². The van der Waals surface area contributed by atoms with Gasteiger partial charge in [-0.2, -0.15) is 0 Å². The van der Waals surface area contributed by atoms with Crippen molar-refractivity contribution in [1.82, 2.24) is 15.1 Å². The van der Waals surface area contributed by atoms with E-state index in [0.717, 1.165) is 18.7 Å². The van der Waals surface area contributed by atoms with Gasteiger partial charge in [-0.05, 0) is 6.07 Å². The predicted molar refractivity (Wildman–Crippen MR) is 42.5 cm³/mol. The fourth-order valence-corrected chi connectivity index (χ4v) is 2.11. The van der Waals surface area contributed by atoms with Gasteiger partial charge in [0.05, 0.1) is 6.61 Å². The Labute approximate surface area is 65.9 Å². The highest BCUT2D eigenvalue weighted by atomic mass is 31.2. The smallest absolute Gasteiger partial charge is 0.195 e. The lowest BCUT2D eigenvalue weighted by Gasteiger charge is -2.04. The van der Waals surface area contributed by atoms with Gasteiger partial charge in [0, 0.05) is 18.9 Å². The standard InChI is InChI=1S/C6H8N3OP/c1-2-7-6(8-3-1)11-9-4-5-10-11/h1-3,9H,4-5H2. The average Bonchev–Trinajstić information content (AvgIpc) is 2.58. The average molecular weight is 169 g/mol. The highest BCUT2D eigenvalue weighted by Crippen LogP contribution is 2.31. The number of nitrogens with zero attached hydrogens (tertiary/aromatic N) is 2. The summed E-state index contributed by atoms with van der Waals surface area (Å²) in [6.07, 6.45) is 3.46. The van der Waals surface area contributed by atoms with Crippen LogP contribution in [0.4, 0.5) is 0 Å². The maximum atomic E-state index is 5.37. The molecule has 1 aliphatic heterocycles. The van der Waals surface area contributed by atoms with Crippen LogP contribution in [0, 0.1) is 0 Å². The first-order valence-electron chi connectivity index (χ1n) is 3.40. The molecule has 2 heterocycles. The number of hydrogen-bond acceptors (Lipinski definition) is 4. The van der Waals surface area contributed by atoms with Crippen molar-refractivity contribution in [3.63, 3.8) is 0 Å². The lowest BCUT2D eigenvalue weighted by molar-refractivity contribution is 0.401. The molecular formula is C6H8N3OP. The van der Waals surface area contributed by atoms with Gasteiger partial charge in [-0.15, -0.1) is 0 Å². The largest absolute Gasteiger partial charge is 0.336 e. The van der Waals surface area contributed by atoms with E-state index in [1.807, 2.05) is 0 Å². The molecule has 1 atom stereocenters. The Morgan fingerprint density at radius 2 is 2.27 bits per heavy atom. The Bertz CT molecular complexity index is 225. The molecule has 4 nitrogen and oxygen atoms in total. The fourth-order valence-electron chi connectivity index (χ4n) is 0.854. The van der Waals surface area contributed by atoms with E-state index in [4.69, 9.17) is 4.52 Å². The van der Waals surface area contributed by atoms with Gasteiger partial charge in [-0.1, -0.05) is 0 Å². The molecule has 11 heavy (non-hydrogen) atoms. The molecule has 2 rings (SSSR count). The van der Waals surface area contributed by atoms with E-state index in [1.165, 1.54) is 0 Å². The van der Waals surface area contributed by atoms with Crippen molar-refractivity contribution in [3.8, 4) is 0 Å². The summed E-state index contributed by atoms with van der Waals surface area (Å²) in [6.45, 7) is 1.67. The van der Waals surface area contributed by atoms with Gasteiger partial charge in [0.25, 0.3) is 0 Å². The van der Waals surface area contributed by atoms with Crippen LogP contribution >= 0.6 is 8.30 Å². The van der Waals surface area contributed by atoms with Crippen LogP contribution < -0.4 is 10.7 Å². The third-order valence-corrected chi connectivity index (χ3v) is 2.86. The van der Waals surface area contributed by atoms with Gasteiger partial charge in [0.2, 0.25) is 0 Å². The van der Waals surface area contributed by atoms with E-state index in [9.17, 15) is 0 Å². The van der Waals surface area contributed by atoms with Crippen molar-refractivity contribution >= 4 is 13.9 Å². The van der Waals surface area contributed by atoms with Crippen LogP contribution in [0.1, 0.15) is 0 Å². The molecule has 0 aromatic carbocycles. The minimum Gasteiger partial charge on any atom is -0.336 e. The van der Waals surface area contributed by atoms with Gasteiger partial charge >= 0.3 is 0 Å². The fraction of sp³-hybridized carbons (Fsp3) is 0.333. The topological polar surface area (TPSA) is 47.0 Å². The van der Waals surface area contributed by atoms with Gasteiger partial charge in [-0.3, -0.25) is 5.09 Å². The first kappa shape index (κ1) is 7.10. The van der Waals surface area contributed by atoms with Gasteiger partial charge in [0.15, 0.2) is 13.9 Å². The molecule has 1 aromatic rings. The second-order valence-electron chi connectivity index (χ2n) is 2.08. The summed E-state index contributed by atoms with van der Waals surface area (Å²) in [4.78, 5) is 8.18. The zero-order valence-electron chi connectivity index (χ0n) is 5.90. The van der Waals surface area contributed by atoms with E-state index in [-0.39, 0.29) is 0 Å². The molecule has 1 fully saturated rings. The molecule has 1 unspecified atom stereocenters. The molecule has 0 saturated carbocycles. The van der Waals surface area contributed by atoms with E-state index in [2.05, 4.69) is 15.1 Å². The number of aromatic nitrogens is 2. The maximum absolute atomic E-state index is 5.37. The predicted octanol–water partition coefficient (Wildman–Crippen LogP) is 0.0336. The molecule has 0 bridgehead atoms. The van der Waals surface area contributed by atoms with E-state index in [1.54, 1.807) is 18.5 Å². The first-order chi connectivity index (χ1) is 5.47. The second-order valence-corrected chi connectivity index (χ2v) is 3.65. The monoisotopic (exact) mass is 169 g/mol. The van der Waals surface area contributed by atoms with Crippen molar-refractivity contribution < 1.29 is 4.52 Å². The Morgan fingerprint density at radius 3 is 2.91 bits per heavy atom.